The zero-order valence-corrected chi connectivity index (χ0v) is 11.5. The van der Waals surface area contributed by atoms with Crippen molar-refractivity contribution in [3.8, 4) is 0 Å². The lowest BCUT2D eigenvalue weighted by Gasteiger charge is -2.07. The van der Waals surface area contributed by atoms with Gasteiger partial charge in [0.15, 0.2) is 0 Å². The predicted molar refractivity (Wildman–Crippen MR) is 78.6 cm³/mol. The third-order valence-corrected chi connectivity index (χ3v) is 2.95. The lowest BCUT2D eigenvalue weighted by atomic mass is 10.1. The van der Waals surface area contributed by atoms with Crippen LogP contribution in [0.4, 0.5) is 14.9 Å². The number of rotatable bonds is 4. The summed E-state index contributed by atoms with van der Waals surface area (Å²) in [4.78, 5) is 11.6. The third-order valence-electron chi connectivity index (χ3n) is 2.69. The Bertz CT molecular complexity index is 587. The molecule has 0 heterocycles. The molecule has 0 saturated heterocycles. The monoisotopic (exact) mass is 292 g/mol. The summed E-state index contributed by atoms with van der Waals surface area (Å²) in [7, 11) is 0. The molecule has 0 spiro atoms. The molecule has 104 valence electrons. The SMILES string of the molecule is O=C(NCCc1ccc(Cl)cc1)Nc1cccc(F)c1. The summed E-state index contributed by atoms with van der Waals surface area (Å²) in [6, 6.07) is 12.8. The first-order valence-electron chi connectivity index (χ1n) is 6.18. The number of anilines is 1. The molecule has 2 aromatic rings. The predicted octanol–water partition coefficient (Wildman–Crippen LogP) is 3.84. The van der Waals surface area contributed by atoms with Crippen LogP contribution in [-0.2, 0) is 6.42 Å². The van der Waals surface area contributed by atoms with Crippen LogP contribution in [0.1, 0.15) is 5.56 Å². The molecule has 0 aromatic heterocycles. The fourth-order valence-corrected chi connectivity index (χ4v) is 1.84. The van der Waals surface area contributed by atoms with Crippen molar-refractivity contribution in [2.24, 2.45) is 0 Å². The number of nitrogens with one attached hydrogen (secondary N) is 2. The summed E-state index contributed by atoms with van der Waals surface area (Å²) >= 11 is 5.79. The number of benzene rings is 2. The van der Waals surface area contributed by atoms with Crippen molar-refractivity contribution < 1.29 is 9.18 Å². The zero-order valence-electron chi connectivity index (χ0n) is 10.7. The van der Waals surface area contributed by atoms with E-state index in [1.54, 1.807) is 12.1 Å². The van der Waals surface area contributed by atoms with Crippen molar-refractivity contribution >= 4 is 23.3 Å². The molecule has 2 N–H and O–H groups in total. The molecular formula is C15H14ClFN2O. The molecule has 0 bridgehead atoms. The molecule has 0 aliphatic heterocycles. The van der Waals surface area contributed by atoms with Crippen LogP contribution in [0.2, 0.25) is 5.02 Å². The van der Waals surface area contributed by atoms with Crippen molar-refractivity contribution in [1.29, 1.82) is 0 Å². The summed E-state index contributed by atoms with van der Waals surface area (Å²) in [5, 5.41) is 5.96. The van der Waals surface area contributed by atoms with Gasteiger partial charge in [0.2, 0.25) is 0 Å². The van der Waals surface area contributed by atoms with Gasteiger partial charge in [0.1, 0.15) is 5.82 Å². The van der Waals surface area contributed by atoms with E-state index in [0.717, 1.165) is 5.56 Å². The molecule has 0 unspecified atom stereocenters. The highest BCUT2D eigenvalue weighted by molar-refractivity contribution is 6.30. The second-order valence-corrected chi connectivity index (χ2v) is 4.70. The van der Waals surface area contributed by atoms with Gasteiger partial charge in [-0.2, -0.15) is 0 Å². The van der Waals surface area contributed by atoms with Gasteiger partial charge in [0.25, 0.3) is 0 Å². The topological polar surface area (TPSA) is 41.1 Å². The maximum Gasteiger partial charge on any atom is 0.319 e. The summed E-state index contributed by atoms with van der Waals surface area (Å²) in [6.45, 7) is 0.489. The van der Waals surface area contributed by atoms with E-state index >= 15 is 0 Å². The summed E-state index contributed by atoms with van der Waals surface area (Å²) < 4.78 is 12.9. The number of carbonyl (C=O) groups excluding carboxylic acids is 1. The van der Waals surface area contributed by atoms with Gasteiger partial charge in [-0.1, -0.05) is 29.8 Å². The highest BCUT2D eigenvalue weighted by Crippen LogP contribution is 2.10. The molecule has 0 aliphatic rings. The maximum absolute atomic E-state index is 12.9. The van der Waals surface area contributed by atoms with Gasteiger partial charge in [-0.25, -0.2) is 9.18 Å². The van der Waals surface area contributed by atoms with Gasteiger partial charge in [0, 0.05) is 17.3 Å². The van der Waals surface area contributed by atoms with E-state index in [4.69, 9.17) is 11.6 Å². The second-order valence-electron chi connectivity index (χ2n) is 4.27. The standard InChI is InChI=1S/C15H14ClFN2O/c16-12-6-4-11(5-7-12)8-9-18-15(20)19-14-3-1-2-13(17)10-14/h1-7,10H,8-9H2,(H2,18,19,20). The van der Waals surface area contributed by atoms with Crippen molar-refractivity contribution in [3.63, 3.8) is 0 Å². The first kappa shape index (κ1) is 14.3. The molecule has 0 aliphatic carbocycles. The highest BCUT2D eigenvalue weighted by Gasteiger charge is 2.02. The fraction of sp³-hybridized carbons (Fsp3) is 0.133. The van der Waals surface area contributed by atoms with Crippen LogP contribution in [-0.4, -0.2) is 12.6 Å². The zero-order chi connectivity index (χ0) is 14.4. The number of urea groups is 1. The van der Waals surface area contributed by atoms with Crippen LogP contribution in [0, 0.1) is 5.82 Å². The first-order valence-corrected chi connectivity index (χ1v) is 6.56. The van der Waals surface area contributed by atoms with Gasteiger partial charge in [-0.15, -0.1) is 0 Å². The number of carbonyl (C=O) groups is 1. The van der Waals surface area contributed by atoms with E-state index in [2.05, 4.69) is 10.6 Å². The molecular weight excluding hydrogens is 279 g/mol. The van der Waals surface area contributed by atoms with Gasteiger partial charge < -0.3 is 10.6 Å². The van der Waals surface area contributed by atoms with Gasteiger partial charge in [-0.3, -0.25) is 0 Å². The molecule has 3 nitrogen and oxygen atoms in total. The van der Waals surface area contributed by atoms with Gasteiger partial charge in [0.05, 0.1) is 0 Å². The van der Waals surface area contributed by atoms with E-state index in [0.29, 0.717) is 23.7 Å². The number of halogens is 2. The molecule has 20 heavy (non-hydrogen) atoms. The molecule has 0 fully saturated rings. The Morgan fingerprint density at radius 3 is 2.60 bits per heavy atom. The van der Waals surface area contributed by atoms with Crippen LogP contribution in [0.15, 0.2) is 48.5 Å². The fourth-order valence-electron chi connectivity index (χ4n) is 1.71. The van der Waals surface area contributed by atoms with Crippen LogP contribution in [0.5, 0.6) is 0 Å². The Kier molecular flexibility index (Phi) is 4.96. The molecule has 0 atom stereocenters. The van der Waals surface area contributed by atoms with Crippen molar-refractivity contribution in [2.75, 3.05) is 11.9 Å². The normalized spacial score (nSPS) is 10.1. The Morgan fingerprint density at radius 2 is 1.90 bits per heavy atom. The van der Waals surface area contributed by atoms with E-state index in [1.165, 1.54) is 12.1 Å². The van der Waals surface area contributed by atoms with Crippen LogP contribution < -0.4 is 10.6 Å². The van der Waals surface area contributed by atoms with Crippen molar-refractivity contribution in [1.82, 2.24) is 5.32 Å². The highest BCUT2D eigenvalue weighted by atomic mass is 35.5. The summed E-state index contributed by atoms with van der Waals surface area (Å²) in [6.07, 6.45) is 0.702. The maximum atomic E-state index is 12.9. The average Bonchev–Trinajstić information content (AvgIpc) is 2.41. The molecule has 2 aromatic carbocycles. The number of hydrogen-bond donors (Lipinski definition) is 2. The second kappa shape index (κ2) is 6.91. The van der Waals surface area contributed by atoms with E-state index < -0.39 is 0 Å². The molecule has 5 heteroatoms. The Hall–Kier alpha value is -2.07. The van der Waals surface area contributed by atoms with Crippen LogP contribution in [0.25, 0.3) is 0 Å². The minimum Gasteiger partial charge on any atom is -0.338 e. The summed E-state index contributed by atoms with van der Waals surface area (Å²) in [5.74, 6) is -0.385. The first-order chi connectivity index (χ1) is 9.63. The quantitative estimate of drug-likeness (QED) is 0.883. The number of hydrogen-bond acceptors (Lipinski definition) is 1. The van der Waals surface area contributed by atoms with Crippen LogP contribution >= 0.6 is 11.6 Å². The average molecular weight is 293 g/mol. The Labute approximate surface area is 121 Å². The number of amides is 2. The molecule has 2 amide bonds. The Morgan fingerprint density at radius 1 is 1.15 bits per heavy atom. The lowest BCUT2D eigenvalue weighted by Crippen LogP contribution is -2.30. The van der Waals surface area contributed by atoms with Crippen molar-refractivity contribution in [2.45, 2.75) is 6.42 Å². The van der Waals surface area contributed by atoms with Crippen LogP contribution in [0.3, 0.4) is 0 Å². The van der Waals surface area contributed by atoms with E-state index in [9.17, 15) is 9.18 Å². The van der Waals surface area contributed by atoms with Gasteiger partial charge >= 0.3 is 6.03 Å². The minimum absolute atomic E-state index is 0.357. The van der Waals surface area contributed by atoms with E-state index in [-0.39, 0.29) is 11.8 Å². The largest absolute Gasteiger partial charge is 0.338 e. The summed E-state index contributed by atoms with van der Waals surface area (Å²) in [5.41, 5.74) is 1.51. The third kappa shape index (κ3) is 4.55. The molecule has 0 radical (unpaired) electrons. The lowest BCUT2D eigenvalue weighted by molar-refractivity contribution is 0.252. The smallest absolute Gasteiger partial charge is 0.319 e. The molecule has 0 saturated carbocycles. The van der Waals surface area contributed by atoms with E-state index in [1.807, 2.05) is 24.3 Å². The molecule has 2 rings (SSSR count). The minimum atomic E-state index is -0.385. The Balaban J connectivity index is 1.76. The van der Waals surface area contributed by atoms with Gasteiger partial charge in [-0.05, 0) is 42.3 Å². The van der Waals surface area contributed by atoms with Crippen molar-refractivity contribution in [3.05, 3.63) is 64.9 Å².